The zero-order valence-electron chi connectivity index (χ0n) is 20.6. The Balaban J connectivity index is 1.27. The lowest BCUT2D eigenvalue weighted by atomic mass is 9.90. The number of aliphatic hydroxyl groups is 1. The van der Waals surface area contributed by atoms with Crippen LogP contribution in [0, 0.1) is 0 Å². The highest BCUT2D eigenvalue weighted by atomic mass is 16.3. The largest absolute Gasteiger partial charge is 0.388 e. The first-order valence-electron chi connectivity index (χ1n) is 12.6. The molecule has 2 aliphatic rings. The normalized spacial score (nSPS) is 21.5. The van der Waals surface area contributed by atoms with Crippen LogP contribution < -0.4 is 11.3 Å². The van der Waals surface area contributed by atoms with Crippen molar-refractivity contribution in [2.24, 2.45) is 5.73 Å². The van der Waals surface area contributed by atoms with Gasteiger partial charge in [-0.1, -0.05) is 43.3 Å². The topological polar surface area (TPSA) is 105 Å². The molecule has 1 amide bonds. The first kappa shape index (κ1) is 25.3. The fourth-order valence-corrected chi connectivity index (χ4v) is 4.94. The van der Waals surface area contributed by atoms with Crippen LogP contribution in [0.2, 0.25) is 0 Å². The van der Waals surface area contributed by atoms with Crippen molar-refractivity contribution in [1.29, 1.82) is 0 Å². The van der Waals surface area contributed by atoms with Crippen molar-refractivity contribution in [3.05, 3.63) is 70.4 Å². The summed E-state index contributed by atoms with van der Waals surface area (Å²) in [6.45, 7) is 5.89. The number of piperidine rings is 1. The Kier molecular flexibility index (Phi) is 8.15. The number of rotatable bonds is 8. The van der Waals surface area contributed by atoms with E-state index in [1.165, 1.54) is 17.0 Å². The van der Waals surface area contributed by atoms with Crippen molar-refractivity contribution in [3.63, 3.8) is 0 Å². The van der Waals surface area contributed by atoms with Crippen molar-refractivity contribution in [2.45, 2.75) is 56.7 Å². The highest BCUT2D eigenvalue weighted by Gasteiger charge is 2.34. The number of hydrogen-bond donors (Lipinski definition) is 2. The second-order valence-corrected chi connectivity index (χ2v) is 10.1. The molecule has 2 aliphatic heterocycles. The molecule has 1 aromatic carbocycles. The number of nitrogens with two attached hydrogens (primary N) is 1. The van der Waals surface area contributed by atoms with Crippen LogP contribution in [0.1, 0.15) is 49.8 Å². The molecule has 0 saturated carbocycles. The third-order valence-electron chi connectivity index (χ3n) is 7.22. The SMILES string of the molecule is C[C@H](CC(=O)N1CCC(O)(Cn2cnc(/C=C/CN3CC[C@@H](N)C3)cc2=O)CC1)c1ccccc1. The van der Waals surface area contributed by atoms with E-state index in [4.69, 9.17) is 5.73 Å². The van der Waals surface area contributed by atoms with E-state index in [0.29, 0.717) is 38.0 Å². The molecule has 0 radical (unpaired) electrons. The van der Waals surface area contributed by atoms with Gasteiger partial charge in [0.2, 0.25) is 5.91 Å². The summed E-state index contributed by atoms with van der Waals surface area (Å²) in [4.78, 5) is 33.9. The van der Waals surface area contributed by atoms with Gasteiger partial charge >= 0.3 is 0 Å². The summed E-state index contributed by atoms with van der Waals surface area (Å²) >= 11 is 0. The van der Waals surface area contributed by atoms with Crippen molar-refractivity contribution < 1.29 is 9.90 Å². The Morgan fingerprint density at radius 1 is 1.26 bits per heavy atom. The third kappa shape index (κ3) is 6.87. The molecule has 4 rings (SSSR count). The number of benzene rings is 1. The molecule has 8 nitrogen and oxygen atoms in total. The molecule has 188 valence electrons. The summed E-state index contributed by atoms with van der Waals surface area (Å²) in [5, 5.41) is 11.1. The molecule has 0 unspecified atom stereocenters. The van der Waals surface area contributed by atoms with Crippen molar-refractivity contribution in [2.75, 3.05) is 32.7 Å². The van der Waals surface area contributed by atoms with E-state index in [0.717, 1.165) is 31.6 Å². The van der Waals surface area contributed by atoms with Gasteiger partial charge in [-0.25, -0.2) is 4.98 Å². The predicted molar refractivity (Wildman–Crippen MR) is 137 cm³/mol. The van der Waals surface area contributed by atoms with Crippen LogP contribution in [0.15, 0.2) is 53.6 Å². The fourth-order valence-electron chi connectivity index (χ4n) is 4.94. The monoisotopic (exact) mass is 479 g/mol. The molecule has 2 atom stereocenters. The van der Waals surface area contributed by atoms with Gasteiger partial charge in [0.05, 0.1) is 24.2 Å². The Hall–Kier alpha value is -2.81. The molecule has 3 N–H and O–H groups in total. The number of aromatic nitrogens is 2. The van der Waals surface area contributed by atoms with Crippen LogP contribution in [0.3, 0.4) is 0 Å². The smallest absolute Gasteiger partial charge is 0.253 e. The summed E-state index contributed by atoms with van der Waals surface area (Å²) in [6, 6.07) is 11.8. The predicted octanol–water partition coefficient (Wildman–Crippen LogP) is 1.84. The van der Waals surface area contributed by atoms with Gasteiger partial charge < -0.3 is 15.7 Å². The van der Waals surface area contributed by atoms with Gasteiger partial charge in [-0.3, -0.25) is 19.1 Å². The molecule has 2 fully saturated rings. The number of nitrogens with zero attached hydrogens (tertiary/aromatic N) is 4. The van der Waals surface area contributed by atoms with Gasteiger partial charge in [-0.15, -0.1) is 0 Å². The van der Waals surface area contributed by atoms with Crippen LogP contribution in [-0.4, -0.2) is 74.7 Å². The molecule has 2 aromatic rings. The highest BCUT2D eigenvalue weighted by Crippen LogP contribution is 2.26. The number of likely N-dealkylation sites (tertiary alicyclic amines) is 2. The third-order valence-corrected chi connectivity index (χ3v) is 7.22. The minimum Gasteiger partial charge on any atom is -0.388 e. The zero-order valence-corrected chi connectivity index (χ0v) is 20.6. The van der Waals surface area contributed by atoms with Crippen LogP contribution in [0.5, 0.6) is 0 Å². The molecule has 8 heteroatoms. The maximum Gasteiger partial charge on any atom is 0.253 e. The van der Waals surface area contributed by atoms with Gasteiger partial charge in [-0.05, 0) is 36.8 Å². The van der Waals surface area contributed by atoms with Crippen LogP contribution in [0.25, 0.3) is 6.08 Å². The summed E-state index contributed by atoms with van der Waals surface area (Å²) in [5.74, 6) is 0.254. The quantitative estimate of drug-likeness (QED) is 0.599. The van der Waals surface area contributed by atoms with E-state index in [2.05, 4.69) is 16.8 Å². The molecular formula is C27H37N5O3. The summed E-state index contributed by atoms with van der Waals surface area (Å²) in [7, 11) is 0. The van der Waals surface area contributed by atoms with Gasteiger partial charge in [0.15, 0.2) is 0 Å². The molecular weight excluding hydrogens is 442 g/mol. The Morgan fingerprint density at radius 3 is 2.66 bits per heavy atom. The summed E-state index contributed by atoms with van der Waals surface area (Å²) in [6.07, 6.45) is 7.70. The Labute approximate surface area is 207 Å². The van der Waals surface area contributed by atoms with E-state index >= 15 is 0 Å². The molecule has 0 bridgehead atoms. The standard InChI is InChI=1S/C27H37N5O3/c1-21(22-6-3-2-4-7-22)16-25(33)31-14-10-27(35,11-15-31)19-32-20-29-24(17-26(32)34)8-5-12-30-13-9-23(28)18-30/h2-8,17,20-21,23,35H,9-16,18-19,28H2,1H3/b8-5+/t21-,23-/m1/s1. The minimum atomic E-state index is -1.03. The van der Waals surface area contributed by atoms with Crippen LogP contribution in [0.4, 0.5) is 0 Å². The Bertz CT molecular complexity index is 1080. The summed E-state index contributed by atoms with van der Waals surface area (Å²) in [5.41, 5.74) is 6.47. The van der Waals surface area contributed by atoms with Crippen molar-refractivity contribution >= 4 is 12.0 Å². The first-order valence-corrected chi connectivity index (χ1v) is 12.6. The molecule has 0 aliphatic carbocycles. The first-order chi connectivity index (χ1) is 16.8. The lowest BCUT2D eigenvalue weighted by Crippen LogP contribution is -2.49. The number of amides is 1. The molecule has 1 aromatic heterocycles. The van der Waals surface area contributed by atoms with Gasteiger partial charge in [-0.2, -0.15) is 0 Å². The molecule has 2 saturated heterocycles. The van der Waals surface area contributed by atoms with Crippen molar-refractivity contribution in [1.82, 2.24) is 19.4 Å². The second kappa shape index (κ2) is 11.3. The second-order valence-electron chi connectivity index (χ2n) is 10.1. The van der Waals surface area contributed by atoms with Gasteiger partial charge in [0.25, 0.3) is 5.56 Å². The van der Waals surface area contributed by atoms with E-state index in [1.54, 1.807) is 0 Å². The number of hydrogen-bond acceptors (Lipinski definition) is 6. The van der Waals surface area contributed by atoms with Gasteiger partial charge in [0, 0.05) is 51.3 Å². The van der Waals surface area contributed by atoms with Crippen molar-refractivity contribution in [3.8, 4) is 0 Å². The zero-order chi connectivity index (χ0) is 24.8. The van der Waals surface area contributed by atoms with Gasteiger partial charge in [0.1, 0.15) is 0 Å². The molecule has 35 heavy (non-hydrogen) atoms. The van der Waals surface area contributed by atoms with E-state index in [1.807, 2.05) is 47.4 Å². The maximum absolute atomic E-state index is 12.8. The average Bonchev–Trinajstić information content (AvgIpc) is 3.26. The lowest BCUT2D eigenvalue weighted by Gasteiger charge is -2.38. The highest BCUT2D eigenvalue weighted by molar-refractivity contribution is 5.77. The average molecular weight is 480 g/mol. The number of carbonyl (C=O) groups is 1. The molecule has 0 spiro atoms. The maximum atomic E-state index is 12.8. The van der Waals surface area contributed by atoms with Crippen LogP contribution in [-0.2, 0) is 11.3 Å². The minimum absolute atomic E-state index is 0.106. The van der Waals surface area contributed by atoms with E-state index in [-0.39, 0.29) is 30.0 Å². The van der Waals surface area contributed by atoms with E-state index in [9.17, 15) is 14.7 Å². The fraction of sp³-hybridized carbons (Fsp3) is 0.519. The van der Waals surface area contributed by atoms with Crippen LogP contribution >= 0.6 is 0 Å². The summed E-state index contributed by atoms with van der Waals surface area (Å²) < 4.78 is 1.46. The van der Waals surface area contributed by atoms with E-state index < -0.39 is 5.60 Å². The lowest BCUT2D eigenvalue weighted by molar-refractivity contribution is -0.136. The molecule has 3 heterocycles. The Morgan fingerprint density at radius 2 is 2.00 bits per heavy atom. The number of carbonyl (C=O) groups excluding carboxylic acids is 1.